The van der Waals surface area contributed by atoms with Crippen LogP contribution >= 0.6 is 0 Å². The topological polar surface area (TPSA) is 39.1 Å². The van der Waals surface area contributed by atoms with Crippen molar-refractivity contribution in [2.45, 2.75) is 18.9 Å². The minimum Gasteiger partial charge on any atom is -0.315 e. The second kappa shape index (κ2) is 5.79. The summed E-state index contributed by atoms with van der Waals surface area (Å²) in [6, 6.07) is 2.66. The van der Waals surface area contributed by atoms with E-state index in [2.05, 4.69) is 29.9 Å². The predicted octanol–water partition coefficient (Wildman–Crippen LogP) is 0.996. The Bertz CT molecular complexity index is 219. The van der Waals surface area contributed by atoms with E-state index < -0.39 is 0 Å². The molecule has 0 aliphatic carbocycles. The maximum atomic E-state index is 8.72. The third-order valence-corrected chi connectivity index (χ3v) is 2.91. The fourth-order valence-electron chi connectivity index (χ4n) is 1.99. The minimum atomic E-state index is 0.288. The molecule has 0 aromatic rings. The van der Waals surface area contributed by atoms with Gasteiger partial charge in [-0.15, -0.1) is 6.58 Å². The largest absolute Gasteiger partial charge is 0.315 e. The number of hydrogen-bond acceptors (Lipinski definition) is 3. The fourth-order valence-corrected chi connectivity index (χ4v) is 1.99. The van der Waals surface area contributed by atoms with Gasteiger partial charge in [-0.05, 0) is 26.6 Å². The summed E-state index contributed by atoms with van der Waals surface area (Å²) in [6.07, 6.45) is 3.67. The van der Waals surface area contributed by atoms with Gasteiger partial charge in [0.05, 0.1) is 6.07 Å². The van der Waals surface area contributed by atoms with Crippen LogP contribution in [0.15, 0.2) is 12.7 Å². The lowest BCUT2D eigenvalue weighted by Gasteiger charge is -2.30. The van der Waals surface area contributed by atoms with Gasteiger partial charge in [0.2, 0.25) is 0 Å². The Kier molecular flexibility index (Phi) is 4.64. The number of rotatable bonds is 3. The quantitative estimate of drug-likeness (QED) is 0.680. The molecule has 0 radical (unpaired) electrons. The normalized spacial score (nSPS) is 26.1. The molecule has 0 spiro atoms. The van der Waals surface area contributed by atoms with Gasteiger partial charge < -0.3 is 10.2 Å². The maximum Gasteiger partial charge on any atom is 0.0628 e. The first-order chi connectivity index (χ1) is 6.79. The summed E-state index contributed by atoms with van der Waals surface area (Å²) in [5.41, 5.74) is 0. The summed E-state index contributed by atoms with van der Waals surface area (Å²) in [6.45, 7) is 6.97. The first-order valence-corrected chi connectivity index (χ1v) is 5.20. The average Bonchev–Trinajstić information content (AvgIpc) is 2.40. The van der Waals surface area contributed by atoms with Crippen LogP contribution in [0.25, 0.3) is 0 Å². The molecule has 1 fully saturated rings. The summed E-state index contributed by atoms with van der Waals surface area (Å²) in [4.78, 5) is 2.34. The predicted molar refractivity (Wildman–Crippen MR) is 57.8 cm³/mol. The van der Waals surface area contributed by atoms with Crippen LogP contribution in [-0.4, -0.2) is 37.6 Å². The van der Waals surface area contributed by atoms with Gasteiger partial charge in [0.25, 0.3) is 0 Å². The second-order valence-corrected chi connectivity index (χ2v) is 3.87. The minimum absolute atomic E-state index is 0.288. The van der Waals surface area contributed by atoms with Crippen molar-refractivity contribution >= 4 is 0 Å². The zero-order chi connectivity index (χ0) is 10.4. The summed E-state index contributed by atoms with van der Waals surface area (Å²) in [5.74, 6) is 0.288. The van der Waals surface area contributed by atoms with Gasteiger partial charge >= 0.3 is 0 Å². The Balaban J connectivity index is 2.61. The van der Waals surface area contributed by atoms with Crippen LogP contribution in [0.5, 0.6) is 0 Å². The highest BCUT2D eigenvalue weighted by molar-refractivity contribution is 4.96. The Morgan fingerprint density at radius 2 is 2.57 bits per heavy atom. The lowest BCUT2D eigenvalue weighted by molar-refractivity contribution is 0.212. The van der Waals surface area contributed by atoms with E-state index in [1.54, 1.807) is 0 Å². The molecule has 78 valence electrons. The Morgan fingerprint density at radius 1 is 1.79 bits per heavy atom. The van der Waals surface area contributed by atoms with Crippen molar-refractivity contribution in [1.29, 1.82) is 5.26 Å². The molecule has 3 nitrogen and oxygen atoms in total. The van der Waals surface area contributed by atoms with Gasteiger partial charge in [-0.3, -0.25) is 0 Å². The van der Waals surface area contributed by atoms with E-state index in [0.29, 0.717) is 12.5 Å². The first kappa shape index (κ1) is 11.2. The summed E-state index contributed by atoms with van der Waals surface area (Å²) >= 11 is 0. The lowest BCUT2D eigenvalue weighted by atomic mass is 9.96. The zero-order valence-corrected chi connectivity index (χ0v) is 8.87. The molecule has 1 aliphatic rings. The second-order valence-electron chi connectivity index (χ2n) is 3.87. The van der Waals surface area contributed by atoms with Crippen molar-refractivity contribution in [1.82, 2.24) is 10.2 Å². The Hall–Kier alpha value is -0.850. The van der Waals surface area contributed by atoms with E-state index in [9.17, 15) is 0 Å². The SMILES string of the molecule is C=CC(CC#N)C1CNCCCN1C. The fraction of sp³-hybridized carbons (Fsp3) is 0.727. The number of nitrogens with one attached hydrogen (secondary N) is 1. The number of likely N-dealkylation sites (N-methyl/N-ethyl adjacent to an activating group) is 1. The van der Waals surface area contributed by atoms with Crippen LogP contribution in [0.1, 0.15) is 12.8 Å². The van der Waals surface area contributed by atoms with Crippen molar-refractivity contribution in [2.75, 3.05) is 26.7 Å². The molecule has 3 heteroatoms. The third-order valence-electron chi connectivity index (χ3n) is 2.91. The molecule has 0 aromatic carbocycles. The molecular formula is C11H19N3. The van der Waals surface area contributed by atoms with Crippen LogP contribution in [-0.2, 0) is 0 Å². The van der Waals surface area contributed by atoms with Gasteiger partial charge in [0, 0.05) is 24.9 Å². The van der Waals surface area contributed by atoms with Crippen molar-refractivity contribution in [3.63, 3.8) is 0 Å². The molecule has 2 atom stereocenters. The molecular weight excluding hydrogens is 174 g/mol. The van der Waals surface area contributed by atoms with Crippen LogP contribution < -0.4 is 5.32 Å². The van der Waals surface area contributed by atoms with Gasteiger partial charge in [-0.25, -0.2) is 0 Å². The molecule has 1 saturated heterocycles. The Morgan fingerprint density at radius 3 is 3.21 bits per heavy atom. The van der Waals surface area contributed by atoms with Crippen molar-refractivity contribution < 1.29 is 0 Å². The smallest absolute Gasteiger partial charge is 0.0628 e. The summed E-state index contributed by atoms with van der Waals surface area (Å²) < 4.78 is 0. The standard InChI is InChI=1S/C11H19N3/c1-3-10(5-6-12)11-9-13-7-4-8-14(11)2/h3,10-11,13H,1,4-5,7-9H2,2H3. The van der Waals surface area contributed by atoms with Crippen LogP contribution in [0.4, 0.5) is 0 Å². The van der Waals surface area contributed by atoms with Crippen LogP contribution in [0.3, 0.4) is 0 Å². The van der Waals surface area contributed by atoms with E-state index in [1.165, 1.54) is 6.42 Å². The molecule has 1 heterocycles. The molecule has 1 rings (SSSR count). The van der Waals surface area contributed by atoms with E-state index in [0.717, 1.165) is 19.6 Å². The molecule has 2 unspecified atom stereocenters. The summed E-state index contributed by atoms with van der Waals surface area (Å²) in [5, 5.41) is 12.1. The molecule has 0 aromatic heterocycles. The van der Waals surface area contributed by atoms with Crippen molar-refractivity contribution in [3.8, 4) is 6.07 Å². The highest BCUT2D eigenvalue weighted by atomic mass is 15.2. The van der Waals surface area contributed by atoms with Gasteiger partial charge in [0.1, 0.15) is 0 Å². The van der Waals surface area contributed by atoms with E-state index in [1.807, 2.05) is 6.08 Å². The lowest BCUT2D eigenvalue weighted by Crippen LogP contribution is -2.42. The molecule has 0 bridgehead atoms. The highest BCUT2D eigenvalue weighted by Gasteiger charge is 2.23. The average molecular weight is 193 g/mol. The third kappa shape index (κ3) is 2.83. The molecule has 1 N–H and O–H groups in total. The highest BCUT2D eigenvalue weighted by Crippen LogP contribution is 2.16. The van der Waals surface area contributed by atoms with E-state index in [-0.39, 0.29) is 5.92 Å². The monoisotopic (exact) mass is 193 g/mol. The van der Waals surface area contributed by atoms with Gasteiger partial charge in [-0.2, -0.15) is 5.26 Å². The molecule has 0 saturated carbocycles. The summed E-state index contributed by atoms with van der Waals surface area (Å²) in [7, 11) is 2.13. The van der Waals surface area contributed by atoms with Crippen LogP contribution in [0.2, 0.25) is 0 Å². The zero-order valence-electron chi connectivity index (χ0n) is 8.87. The maximum absolute atomic E-state index is 8.72. The van der Waals surface area contributed by atoms with E-state index >= 15 is 0 Å². The van der Waals surface area contributed by atoms with E-state index in [4.69, 9.17) is 5.26 Å². The van der Waals surface area contributed by atoms with Crippen molar-refractivity contribution in [3.05, 3.63) is 12.7 Å². The van der Waals surface area contributed by atoms with Gasteiger partial charge in [-0.1, -0.05) is 6.08 Å². The molecule has 0 amide bonds. The first-order valence-electron chi connectivity index (χ1n) is 5.20. The number of nitriles is 1. The van der Waals surface area contributed by atoms with Crippen LogP contribution in [0, 0.1) is 17.2 Å². The number of nitrogens with zero attached hydrogens (tertiary/aromatic N) is 2. The van der Waals surface area contributed by atoms with Gasteiger partial charge in [0.15, 0.2) is 0 Å². The Labute approximate surface area is 86.4 Å². The molecule has 1 aliphatic heterocycles. The number of hydrogen-bond donors (Lipinski definition) is 1. The molecule has 14 heavy (non-hydrogen) atoms. The van der Waals surface area contributed by atoms with Crippen molar-refractivity contribution in [2.24, 2.45) is 5.92 Å².